The standard InChI is InChI=1S/C76H65BN4O/c1-73(2,3)43-25-29-48(30-26-43)79-60-40-49(78-58-31-24-42-18-16-21-50-51-22-17-23-62-65(51)68-63(82-62)35-34-59(78)67(68)66(58)64(42)50)41-61-69(60)77(72-71(79)54-37-45(75(7,8)9)28-33-57(54)80(72)47-19-14-13-15-20-47)55-39-46(76(10,11)12)38-53-52-36-44(74(4,5)6)27-32-56(52)81(61)70(53)55/h13-41H,1-12H3. The fourth-order valence-electron chi connectivity index (χ4n) is 15.0. The lowest BCUT2D eigenvalue weighted by Gasteiger charge is -2.40. The summed E-state index contributed by atoms with van der Waals surface area (Å²) in [4.78, 5) is 2.67. The van der Waals surface area contributed by atoms with E-state index in [-0.39, 0.29) is 28.4 Å². The fraction of sp³-hybridized carbons (Fsp3) is 0.211. The molecule has 398 valence electrons. The van der Waals surface area contributed by atoms with Gasteiger partial charge in [-0.1, -0.05) is 168 Å². The van der Waals surface area contributed by atoms with Gasteiger partial charge in [-0.25, -0.2) is 0 Å². The van der Waals surface area contributed by atoms with Gasteiger partial charge < -0.3 is 23.0 Å². The zero-order valence-electron chi connectivity index (χ0n) is 49.0. The molecule has 5 nitrogen and oxygen atoms in total. The molecule has 0 amide bonds. The number of anilines is 3. The first-order valence-corrected chi connectivity index (χ1v) is 29.5. The van der Waals surface area contributed by atoms with E-state index in [0.717, 1.165) is 28.2 Å². The molecule has 3 aliphatic rings. The second-order valence-electron chi connectivity index (χ2n) is 28.2. The second kappa shape index (κ2) is 15.6. The monoisotopic (exact) mass is 1060 g/mol. The molecule has 0 bridgehead atoms. The number of nitrogens with zero attached hydrogens (tertiary/aromatic N) is 4. The van der Waals surface area contributed by atoms with Crippen molar-refractivity contribution in [2.75, 3.05) is 4.90 Å². The van der Waals surface area contributed by atoms with E-state index in [2.05, 4.69) is 278 Å². The number of benzene rings is 10. The van der Waals surface area contributed by atoms with Gasteiger partial charge in [-0.15, -0.1) is 0 Å². The van der Waals surface area contributed by atoms with Gasteiger partial charge in [0.25, 0.3) is 6.71 Å². The molecule has 2 aliphatic heterocycles. The molecule has 0 unspecified atom stereocenters. The minimum absolute atomic E-state index is 0.0292. The van der Waals surface area contributed by atoms with Crippen molar-refractivity contribution in [1.29, 1.82) is 0 Å². The van der Waals surface area contributed by atoms with Gasteiger partial charge in [0, 0.05) is 71.6 Å². The summed E-state index contributed by atoms with van der Waals surface area (Å²) in [7, 11) is 0. The lowest BCUT2D eigenvalue weighted by Crippen LogP contribution is -2.62. The number of hydrogen-bond acceptors (Lipinski definition) is 2. The smallest absolute Gasteiger partial charge is 0.273 e. The molecule has 0 spiro atoms. The van der Waals surface area contributed by atoms with Gasteiger partial charge in [-0.2, -0.15) is 0 Å². The van der Waals surface area contributed by atoms with Crippen LogP contribution in [-0.2, 0) is 21.7 Å². The second-order valence-corrected chi connectivity index (χ2v) is 28.2. The van der Waals surface area contributed by atoms with Crippen LogP contribution in [0, 0.1) is 0 Å². The normalized spacial score (nSPS) is 14.0. The minimum atomic E-state index is -0.154. The van der Waals surface area contributed by atoms with E-state index in [0.29, 0.717) is 0 Å². The SMILES string of the molecule is CC(C)(C)c1ccc(N2c3cc(-n4c5ccc6cccc7c6c5c5c6c(ccc54)oc4cccc-7c46)cc4c3B(c3cc(C(C)(C)C)cc5c6cc(C(C)(C)C)ccc6n-4c35)c3c2c2cc(C(C)(C)C)ccc2n3-c2ccccc2)cc1. The van der Waals surface area contributed by atoms with Crippen LogP contribution in [0.2, 0.25) is 0 Å². The first-order chi connectivity index (χ1) is 39.2. The Hall–Kier alpha value is -8.74. The summed E-state index contributed by atoms with van der Waals surface area (Å²) in [5.41, 5.74) is 26.4. The Balaban J connectivity index is 1.10. The number of furan rings is 1. The van der Waals surface area contributed by atoms with E-state index in [4.69, 9.17) is 4.42 Å². The van der Waals surface area contributed by atoms with E-state index in [1.165, 1.54) is 143 Å². The number of aromatic nitrogens is 3. The molecule has 0 saturated carbocycles. The number of hydrogen-bond donors (Lipinski definition) is 0. The van der Waals surface area contributed by atoms with Crippen molar-refractivity contribution in [1.82, 2.24) is 13.7 Å². The maximum absolute atomic E-state index is 6.82. The summed E-state index contributed by atoms with van der Waals surface area (Å²) >= 11 is 0. The maximum atomic E-state index is 6.82. The molecular weight excluding hydrogens is 996 g/mol. The Morgan fingerprint density at radius 3 is 1.63 bits per heavy atom. The largest absolute Gasteiger partial charge is 0.456 e. The molecule has 0 radical (unpaired) electrons. The Kier molecular flexibility index (Phi) is 9.15. The van der Waals surface area contributed by atoms with Crippen LogP contribution in [0.15, 0.2) is 180 Å². The third-order valence-electron chi connectivity index (χ3n) is 19.1. The third-order valence-corrected chi connectivity index (χ3v) is 19.1. The van der Waals surface area contributed by atoms with Crippen LogP contribution in [0.5, 0.6) is 0 Å². The zero-order valence-corrected chi connectivity index (χ0v) is 49.0. The first-order valence-electron chi connectivity index (χ1n) is 29.5. The molecular formula is C76H65BN4O. The van der Waals surface area contributed by atoms with E-state index >= 15 is 0 Å². The van der Waals surface area contributed by atoms with Gasteiger partial charge in [-0.3, -0.25) is 0 Å². The molecule has 0 atom stereocenters. The zero-order chi connectivity index (χ0) is 56.0. The molecule has 4 aromatic heterocycles. The number of fused-ring (bicyclic) bond motifs is 10. The van der Waals surface area contributed by atoms with E-state index in [9.17, 15) is 0 Å². The van der Waals surface area contributed by atoms with Crippen LogP contribution < -0.4 is 21.4 Å². The highest BCUT2D eigenvalue weighted by Gasteiger charge is 2.47. The molecule has 82 heavy (non-hydrogen) atoms. The molecule has 17 rings (SSSR count). The third kappa shape index (κ3) is 6.25. The van der Waals surface area contributed by atoms with E-state index < -0.39 is 0 Å². The van der Waals surface area contributed by atoms with Crippen molar-refractivity contribution in [2.24, 2.45) is 0 Å². The Morgan fingerprint density at radius 2 is 0.939 bits per heavy atom. The minimum Gasteiger partial charge on any atom is -0.456 e. The average Bonchev–Trinajstić information content (AvgIpc) is 1.61. The van der Waals surface area contributed by atoms with Crippen LogP contribution >= 0.6 is 0 Å². The Labute approximate surface area is 479 Å². The quantitative estimate of drug-likeness (QED) is 0.165. The van der Waals surface area contributed by atoms with Crippen LogP contribution in [0.1, 0.15) is 105 Å². The van der Waals surface area contributed by atoms with Crippen molar-refractivity contribution in [3.8, 4) is 28.2 Å². The predicted molar refractivity (Wildman–Crippen MR) is 350 cm³/mol. The number of para-hydroxylation sites is 1. The fourth-order valence-corrected chi connectivity index (χ4v) is 15.0. The van der Waals surface area contributed by atoms with E-state index in [1.807, 2.05) is 0 Å². The van der Waals surface area contributed by atoms with Crippen LogP contribution in [0.4, 0.5) is 17.1 Å². The van der Waals surface area contributed by atoms with Gasteiger partial charge >= 0.3 is 0 Å². The summed E-state index contributed by atoms with van der Waals surface area (Å²) in [6.07, 6.45) is 0. The van der Waals surface area contributed by atoms with Gasteiger partial charge in [0.15, 0.2) is 0 Å². The molecule has 6 heteroatoms. The molecule has 1 aliphatic carbocycles. The highest BCUT2D eigenvalue weighted by Crippen LogP contribution is 2.53. The molecule has 14 aromatic rings. The van der Waals surface area contributed by atoms with Crippen LogP contribution in [0.3, 0.4) is 0 Å². The summed E-state index contributed by atoms with van der Waals surface area (Å²) in [6, 6.07) is 68.4. The van der Waals surface area contributed by atoms with Crippen molar-refractivity contribution < 1.29 is 4.42 Å². The van der Waals surface area contributed by atoms with Crippen molar-refractivity contribution in [2.45, 2.75) is 105 Å². The summed E-state index contributed by atoms with van der Waals surface area (Å²) < 4.78 is 14.7. The van der Waals surface area contributed by atoms with Crippen LogP contribution in [-0.4, -0.2) is 20.4 Å². The van der Waals surface area contributed by atoms with Gasteiger partial charge in [0.2, 0.25) is 0 Å². The average molecular weight is 1060 g/mol. The lowest BCUT2D eigenvalue weighted by molar-refractivity contribution is 0.590. The lowest BCUT2D eigenvalue weighted by atomic mass is 9.35. The predicted octanol–water partition coefficient (Wildman–Crippen LogP) is 18.7. The highest BCUT2D eigenvalue weighted by molar-refractivity contribution is 7.00. The van der Waals surface area contributed by atoms with Crippen LogP contribution in [0.25, 0.3) is 115 Å². The number of rotatable bonds is 3. The molecule has 6 heterocycles. The summed E-state index contributed by atoms with van der Waals surface area (Å²) in [5, 5.41) is 11.3. The Morgan fingerprint density at radius 1 is 0.366 bits per heavy atom. The summed E-state index contributed by atoms with van der Waals surface area (Å²) in [6.45, 7) is 28.1. The molecule has 10 aromatic carbocycles. The maximum Gasteiger partial charge on any atom is 0.273 e. The topological polar surface area (TPSA) is 31.2 Å². The van der Waals surface area contributed by atoms with Gasteiger partial charge in [0.1, 0.15) is 11.2 Å². The van der Waals surface area contributed by atoms with Gasteiger partial charge in [-0.05, 0) is 168 Å². The summed E-state index contributed by atoms with van der Waals surface area (Å²) in [5.74, 6) is 0. The molecule has 0 fully saturated rings. The first kappa shape index (κ1) is 48.0. The highest BCUT2D eigenvalue weighted by atomic mass is 16.3. The van der Waals surface area contributed by atoms with Crippen molar-refractivity contribution in [3.05, 3.63) is 198 Å². The van der Waals surface area contributed by atoms with E-state index in [1.54, 1.807) is 0 Å². The van der Waals surface area contributed by atoms with Crippen molar-refractivity contribution >= 4 is 128 Å². The molecule has 0 N–H and O–H groups in total. The Bertz CT molecular complexity index is 5190. The van der Waals surface area contributed by atoms with Crippen molar-refractivity contribution in [3.63, 3.8) is 0 Å². The molecule has 0 saturated heterocycles. The van der Waals surface area contributed by atoms with Gasteiger partial charge in [0.05, 0.1) is 33.4 Å².